The molecule has 3 fully saturated rings. The molecule has 1 amide bonds. The molecule has 6 heteroatoms. The van der Waals surface area contributed by atoms with Crippen LogP contribution in [0.25, 0.3) is 0 Å². The molecule has 1 N–H and O–H groups in total. The summed E-state index contributed by atoms with van der Waals surface area (Å²) in [4.78, 5) is 26.0. The van der Waals surface area contributed by atoms with Gasteiger partial charge in [0.2, 0.25) is 11.9 Å². The van der Waals surface area contributed by atoms with Crippen molar-refractivity contribution >= 4 is 11.9 Å². The van der Waals surface area contributed by atoms with Gasteiger partial charge in [-0.25, -0.2) is 9.97 Å². The zero-order valence-electron chi connectivity index (χ0n) is 16.6. The van der Waals surface area contributed by atoms with Crippen molar-refractivity contribution in [3.05, 3.63) is 18.0 Å². The van der Waals surface area contributed by atoms with Gasteiger partial charge in [-0.2, -0.15) is 0 Å². The number of piperidine rings is 2. The van der Waals surface area contributed by atoms with E-state index in [0.717, 1.165) is 70.4 Å². The van der Waals surface area contributed by atoms with Crippen LogP contribution in [-0.4, -0.2) is 58.4 Å². The number of rotatable bonds is 7. The molecule has 1 unspecified atom stereocenters. The van der Waals surface area contributed by atoms with Crippen LogP contribution in [-0.2, 0) is 11.3 Å². The fraction of sp³-hybridized carbons (Fsp3) is 0.762. The molecule has 1 spiro atoms. The van der Waals surface area contributed by atoms with Crippen LogP contribution in [0.3, 0.4) is 0 Å². The zero-order chi connectivity index (χ0) is 18.7. The number of aromatic nitrogens is 2. The molecular formula is C21H33N5O. The van der Waals surface area contributed by atoms with E-state index in [1.165, 1.54) is 31.2 Å². The summed E-state index contributed by atoms with van der Waals surface area (Å²) >= 11 is 0. The van der Waals surface area contributed by atoms with Crippen molar-refractivity contribution < 1.29 is 4.79 Å². The van der Waals surface area contributed by atoms with E-state index in [4.69, 9.17) is 0 Å². The third-order valence-corrected chi connectivity index (χ3v) is 6.31. The number of carbonyl (C=O) groups is 1. The minimum Gasteiger partial charge on any atom is -0.354 e. The number of likely N-dealkylation sites (tertiary alicyclic amines) is 2. The molecule has 2 aliphatic heterocycles. The van der Waals surface area contributed by atoms with Gasteiger partial charge in [-0.15, -0.1) is 0 Å². The van der Waals surface area contributed by atoms with E-state index >= 15 is 0 Å². The van der Waals surface area contributed by atoms with Crippen LogP contribution in [0.4, 0.5) is 5.95 Å². The molecule has 0 aromatic carbocycles. The van der Waals surface area contributed by atoms with Gasteiger partial charge >= 0.3 is 0 Å². The molecule has 27 heavy (non-hydrogen) atoms. The number of hydrogen-bond donors (Lipinski definition) is 1. The van der Waals surface area contributed by atoms with Gasteiger partial charge in [-0.05, 0) is 51.0 Å². The van der Waals surface area contributed by atoms with Gasteiger partial charge in [-0.3, -0.25) is 9.69 Å². The van der Waals surface area contributed by atoms with Gasteiger partial charge in [-0.1, -0.05) is 6.92 Å². The predicted octanol–water partition coefficient (Wildman–Crippen LogP) is 2.91. The molecule has 3 aliphatic rings. The molecule has 0 radical (unpaired) electrons. The summed E-state index contributed by atoms with van der Waals surface area (Å²) in [5.74, 6) is 1.88. The second-order valence-corrected chi connectivity index (χ2v) is 8.87. The third-order valence-electron chi connectivity index (χ3n) is 6.31. The average molecular weight is 372 g/mol. The number of nitrogens with zero attached hydrogens (tertiary/aromatic N) is 4. The van der Waals surface area contributed by atoms with Crippen LogP contribution in [0, 0.1) is 11.3 Å². The Hall–Kier alpha value is -1.69. The van der Waals surface area contributed by atoms with E-state index < -0.39 is 0 Å². The maximum atomic E-state index is 12.4. The Bertz CT molecular complexity index is 644. The van der Waals surface area contributed by atoms with Crippen LogP contribution in [0.1, 0.15) is 57.4 Å². The minimum atomic E-state index is 0.296. The van der Waals surface area contributed by atoms with Crippen molar-refractivity contribution in [3.63, 3.8) is 0 Å². The lowest BCUT2D eigenvalue weighted by Crippen LogP contribution is -2.54. The van der Waals surface area contributed by atoms with Gasteiger partial charge in [0.15, 0.2) is 0 Å². The normalized spacial score (nSPS) is 26.6. The van der Waals surface area contributed by atoms with Gasteiger partial charge in [0, 0.05) is 62.5 Å². The van der Waals surface area contributed by atoms with E-state index in [1.807, 2.05) is 12.4 Å². The topological polar surface area (TPSA) is 61.4 Å². The van der Waals surface area contributed by atoms with E-state index in [0.29, 0.717) is 11.3 Å². The number of amides is 1. The highest BCUT2D eigenvalue weighted by Gasteiger charge is 2.42. The Kier molecular flexibility index (Phi) is 5.62. The van der Waals surface area contributed by atoms with E-state index in [1.54, 1.807) is 0 Å². The van der Waals surface area contributed by atoms with Crippen LogP contribution < -0.4 is 5.32 Å². The van der Waals surface area contributed by atoms with Crippen molar-refractivity contribution in [2.75, 3.05) is 38.0 Å². The zero-order valence-corrected chi connectivity index (χ0v) is 16.6. The minimum absolute atomic E-state index is 0.296. The Morgan fingerprint density at radius 1 is 1.22 bits per heavy atom. The molecule has 0 bridgehead atoms. The van der Waals surface area contributed by atoms with Crippen molar-refractivity contribution in [2.45, 2.75) is 58.4 Å². The van der Waals surface area contributed by atoms with Crippen LogP contribution in [0.5, 0.6) is 0 Å². The highest BCUT2D eigenvalue weighted by Crippen LogP contribution is 2.40. The Morgan fingerprint density at radius 3 is 2.78 bits per heavy atom. The Balaban J connectivity index is 1.35. The SMILES string of the molecule is CCCNc1ncc(CN2CCCC3(CCC(=O)N(CC4CC4)C3)C2)cn1. The number of nitrogens with one attached hydrogen (secondary N) is 1. The standard InChI is InChI=1S/C21H33N5O/c1-2-9-22-20-23-11-18(12-24-20)13-25-10-3-7-21(15-25)8-6-19(27)26(16-21)14-17-4-5-17/h11-12,17H,2-10,13-16H2,1H3,(H,22,23,24). The number of anilines is 1. The summed E-state index contributed by atoms with van der Waals surface area (Å²) in [5, 5.41) is 3.23. The fourth-order valence-electron chi connectivity index (χ4n) is 4.68. The van der Waals surface area contributed by atoms with E-state index in [9.17, 15) is 4.79 Å². The van der Waals surface area contributed by atoms with Gasteiger partial charge < -0.3 is 10.2 Å². The predicted molar refractivity (Wildman–Crippen MR) is 106 cm³/mol. The number of carbonyl (C=O) groups excluding carboxylic acids is 1. The molecule has 3 heterocycles. The van der Waals surface area contributed by atoms with Gasteiger partial charge in [0.1, 0.15) is 0 Å². The second-order valence-electron chi connectivity index (χ2n) is 8.87. The van der Waals surface area contributed by atoms with Crippen molar-refractivity contribution in [1.29, 1.82) is 0 Å². The van der Waals surface area contributed by atoms with Crippen molar-refractivity contribution in [3.8, 4) is 0 Å². The Labute approximate surface area is 162 Å². The van der Waals surface area contributed by atoms with Crippen molar-refractivity contribution in [2.24, 2.45) is 11.3 Å². The molecule has 148 valence electrons. The summed E-state index contributed by atoms with van der Waals surface area (Å²) in [6.45, 7) is 8.15. The van der Waals surface area contributed by atoms with Crippen LogP contribution in [0.2, 0.25) is 0 Å². The molecule has 4 rings (SSSR count). The summed E-state index contributed by atoms with van der Waals surface area (Å²) in [6, 6.07) is 0. The molecule has 1 aromatic rings. The molecule has 6 nitrogen and oxygen atoms in total. The Morgan fingerprint density at radius 2 is 2.04 bits per heavy atom. The fourth-order valence-corrected chi connectivity index (χ4v) is 4.68. The molecular weight excluding hydrogens is 338 g/mol. The second kappa shape index (κ2) is 8.13. The van der Waals surface area contributed by atoms with E-state index in [2.05, 4.69) is 32.0 Å². The molecule has 1 aromatic heterocycles. The molecule has 1 atom stereocenters. The highest BCUT2D eigenvalue weighted by atomic mass is 16.2. The summed E-state index contributed by atoms with van der Waals surface area (Å²) in [7, 11) is 0. The maximum Gasteiger partial charge on any atom is 0.222 e. The van der Waals surface area contributed by atoms with Gasteiger partial charge in [0.05, 0.1) is 0 Å². The lowest BCUT2D eigenvalue weighted by atomic mass is 9.73. The largest absolute Gasteiger partial charge is 0.354 e. The summed E-state index contributed by atoms with van der Waals surface area (Å²) < 4.78 is 0. The first-order valence-corrected chi connectivity index (χ1v) is 10.7. The monoisotopic (exact) mass is 371 g/mol. The first-order valence-electron chi connectivity index (χ1n) is 10.7. The third kappa shape index (κ3) is 4.78. The molecule has 2 saturated heterocycles. The van der Waals surface area contributed by atoms with E-state index in [-0.39, 0.29) is 0 Å². The van der Waals surface area contributed by atoms with Crippen LogP contribution in [0.15, 0.2) is 12.4 Å². The molecule has 1 saturated carbocycles. The first-order chi connectivity index (χ1) is 13.2. The summed E-state index contributed by atoms with van der Waals surface area (Å²) in [5.41, 5.74) is 1.47. The highest BCUT2D eigenvalue weighted by molar-refractivity contribution is 5.77. The average Bonchev–Trinajstić information content (AvgIpc) is 3.49. The molecule has 1 aliphatic carbocycles. The van der Waals surface area contributed by atoms with Crippen LogP contribution >= 0.6 is 0 Å². The quantitative estimate of drug-likeness (QED) is 0.798. The lowest BCUT2D eigenvalue weighted by Gasteiger charge is -2.48. The first kappa shape index (κ1) is 18.7. The maximum absolute atomic E-state index is 12.4. The van der Waals surface area contributed by atoms with Gasteiger partial charge in [0.25, 0.3) is 0 Å². The number of hydrogen-bond acceptors (Lipinski definition) is 5. The summed E-state index contributed by atoms with van der Waals surface area (Å²) in [6.07, 6.45) is 11.9. The smallest absolute Gasteiger partial charge is 0.222 e. The lowest BCUT2D eigenvalue weighted by molar-refractivity contribution is -0.139. The van der Waals surface area contributed by atoms with Crippen molar-refractivity contribution in [1.82, 2.24) is 19.8 Å².